The molecule has 0 amide bonds. The van der Waals surface area contributed by atoms with Crippen molar-refractivity contribution in [1.82, 2.24) is 9.88 Å². The van der Waals surface area contributed by atoms with Gasteiger partial charge >= 0.3 is 0 Å². The Morgan fingerprint density at radius 1 is 1.56 bits per heavy atom. The van der Waals surface area contributed by atoms with Gasteiger partial charge in [0.25, 0.3) is 0 Å². The van der Waals surface area contributed by atoms with E-state index in [-0.39, 0.29) is 12.7 Å². The smallest absolute Gasteiger partial charge is 0.130 e. The molecule has 1 aliphatic rings. The number of nitrogens with zero attached hydrogens (tertiary/aromatic N) is 2. The number of rotatable bonds is 3. The lowest BCUT2D eigenvalue weighted by Crippen LogP contribution is -2.48. The van der Waals surface area contributed by atoms with E-state index in [0.717, 1.165) is 5.56 Å². The fourth-order valence-corrected chi connectivity index (χ4v) is 2.40. The third-order valence-electron chi connectivity index (χ3n) is 3.11. The van der Waals surface area contributed by atoms with Crippen molar-refractivity contribution in [3.63, 3.8) is 0 Å². The molecule has 100 valence electrons. The predicted octanol–water partition coefficient (Wildman–Crippen LogP) is 1.97. The lowest BCUT2D eigenvalue weighted by molar-refractivity contribution is -0.0805. The normalized spacial score (nSPS) is 25.3. The summed E-state index contributed by atoms with van der Waals surface area (Å²) in [6.45, 7) is 4.12. The summed E-state index contributed by atoms with van der Waals surface area (Å²) < 4.78 is 5.50. The van der Waals surface area contributed by atoms with E-state index in [1.165, 1.54) is 0 Å². The van der Waals surface area contributed by atoms with Crippen LogP contribution >= 0.6 is 23.2 Å². The number of morpholine rings is 1. The van der Waals surface area contributed by atoms with Crippen LogP contribution in [-0.2, 0) is 11.3 Å². The summed E-state index contributed by atoms with van der Waals surface area (Å²) in [6.07, 6.45) is 1.57. The second kappa shape index (κ2) is 6.17. The van der Waals surface area contributed by atoms with E-state index in [9.17, 15) is 0 Å². The van der Waals surface area contributed by atoms with Crippen LogP contribution < -0.4 is 0 Å². The molecular weight excluding hydrogens is 275 g/mol. The van der Waals surface area contributed by atoms with Crippen LogP contribution in [0, 0.1) is 0 Å². The SMILES string of the molecule is CC1COC(CO)CN1Cc1cnc(Cl)cc1Cl. The zero-order valence-corrected chi connectivity index (χ0v) is 11.7. The second-order valence-electron chi connectivity index (χ2n) is 4.51. The molecule has 4 nitrogen and oxygen atoms in total. The minimum atomic E-state index is -0.125. The van der Waals surface area contributed by atoms with Crippen LogP contribution in [0.5, 0.6) is 0 Å². The van der Waals surface area contributed by atoms with Crippen LogP contribution in [0.2, 0.25) is 10.2 Å². The van der Waals surface area contributed by atoms with Gasteiger partial charge in [0.1, 0.15) is 5.15 Å². The maximum atomic E-state index is 9.14. The van der Waals surface area contributed by atoms with Crippen LogP contribution in [0.4, 0.5) is 0 Å². The summed E-state index contributed by atoms with van der Waals surface area (Å²) >= 11 is 11.9. The summed E-state index contributed by atoms with van der Waals surface area (Å²) in [7, 11) is 0. The summed E-state index contributed by atoms with van der Waals surface area (Å²) in [6, 6.07) is 1.94. The van der Waals surface area contributed by atoms with Crippen molar-refractivity contribution in [2.75, 3.05) is 19.8 Å². The number of aliphatic hydroxyl groups is 1. The van der Waals surface area contributed by atoms with Crippen molar-refractivity contribution >= 4 is 23.2 Å². The molecule has 1 N–H and O–H groups in total. The fraction of sp³-hybridized carbons (Fsp3) is 0.583. The van der Waals surface area contributed by atoms with Gasteiger partial charge in [0.05, 0.1) is 19.3 Å². The van der Waals surface area contributed by atoms with Gasteiger partial charge in [-0.2, -0.15) is 0 Å². The van der Waals surface area contributed by atoms with Crippen molar-refractivity contribution in [3.8, 4) is 0 Å². The molecule has 0 aliphatic carbocycles. The van der Waals surface area contributed by atoms with Gasteiger partial charge in [0.2, 0.25) is 0 Å². The zero-order chi connectivity index (χ0) is 13.1. The first kappa shape index (κ1) is 14.0. The van der Waals surface area contributed by atoms with Crippen LogP contribution in [0.3, 0.4) is 0 Å². The average Bonchev–Trinajstić information content (AvgIpc) is 2.35. The zero-order valence-electron chi connectivity index (χ0n) is 10.1. The fourth-order valence-electron chi connectivity index (χ4n) is 1.98. The van der Waals surface area contributed by atoms with Crippen molar-refractivity contribution in [3.05, 3.63) is 28.0 Å². The number of aromatic nitrogens is 1. The number of aliphatic hydroxyl groups excluding tert-OH is 1. The quantitative estimate of drug-likeness (QED) is 0.865. The third-order valence-corrected chi connectivity index (χ3v) is 3.67. The number of pyridine rings is 1. The van der Waals surface area contributed by atoms with Gasteiger partial charge in [-0.3, -0.25) is 4.90 Å². The van der Waals surface area contributed by atoms with Gasteiger partial charge in [0.15, 0.2) is 0 Å². The molecule has 0 bridgehead atoms. The third kappa shape index (κ3) is 3.33. The molecule has 1 aromatic rings. The van der Waals surface area contributed by atoms with Crippen molar-refractivity contribution < 1.29 is 9.84 Å². The van der Waals surface area contributed by atoms with Crippen molar-refractivity contribution in [2.45, 2.75) is 25.6 Å². The van der Waals surface area contributed by atoms with E-state index < -0.39 is 0 Å². The molecule has 1 saturated heterocycles. The van der Waals surface area contributed by atoms with Crippen LogP contribution in [0.25, 0.3) is 0 Å². The molecule has 2 heterocycles. The monoisotopic (exact) mass is 290 g/mol. The highest BCUT2D eigenvalue weighted by atomic mass is 35.5. The first-order chi connectivity index (χ1) is 8.60. The number of halogens is 2. The van der Waals surface area contributed by atoms with Crippen molar-refractivity contribution in [1.29, 1.82) is 0 Å². The number of hydrogen-bond acceptors (Lipinski definition) is 4. The Balaban J connectivity index is 2.07. The van der Waals surface area contributed by atoms with E-state index in [4.69, 9.17) is 33.0 Å². The van der Waals surface area contributed by atoms with Gasteiger partial charge < -0.3 is 9.84 Å². The minimum Gasteiger partial charge on any atom is -0.394 e. The Morgan fingerprint density at radius 3 is 3.00 bits per heavy atom. The van der Waals surface area contributed by atoms with E-state index in [2.05, 4.69) is 16.8 Å². The van der Waals surface area contributed by atoms with E-state index in [1.54, 1.807) is 12.3 Å². The molecule has 2 rings (SSSR count). The molecular formula is C12H16Cl2N2O2. The summed E-state index contributed by atoms with van der Waals surface area (Å²) in [5.74, 6) is 0. The predicted molar refractivity (Wildman–Crippen MR) is 71.0 cm³/mol. The van der Waals surface area contributed by atoms with Gasteiger partial charge in [-0.1, -0.05) is 23.2 Å². The molecule has 1 aliphatic heterocycles. The second-order valence-corrected chi connectivity index (χ2v) is 5.31. The largest absolute Gasteiger partial charge is 0.394 e. The first-order valence-electron chi connectivity index (χ1n) is 5.86. The highest BCUT2D eigenvalue weighted by molar-refractivity contribution is 6.34. The maximum Gasteiger partial charge on any atom is 0.130 e. The molecule has 1 aromatic heterocycles. The average molecular weight is 291 g/mol. The number of hydrogen-bond donors (Lipinski definition) is 1. The highest BCUT2D eigenvalue weighted by Gasteiger charge is 2.26. The molecule has 2 atom stereocenters. The maximum absolute atomic E-state index is 9.14. The molecule has 1 fully saturated rings. The van der Waals surface area contributed by atoms with Crippen molar-refractivity contribution in [2.24, 2.45) is 0 Å². The van der Waals surface area contributed by atoms with E-state index in [0.29, 0.717) is 35.9 Å². The lowest BCUT2D eigenvalue weighted by Gasteiger charge is -2.37. The van der Waals surface area contributed by atoms with Gasteiger partial charge in [-0.15, -0.1) is 0 Å². The minimum absolute atomic E-state index is 0.0375. The Labute approximate surface area is 116 Å². The van der Waals surface area contributed by atoms with E-state index >= 15 is 0 Å². The summed E-state index contributed by atoms with van der Waals surface area (Å²) in [5.41, 5.74) is 0.937. The van der Waals surface area contributed by atoms with Crippen LogP contribution in [-0.4, -0.2) is 46.9 Å². The summed E-state index contributed by atoms with van der Waals surface area (Å²) in [5, 5.41) is 10.2. The van der Waals surface area contributed by atoms with Gasteiger partial charge in [-0.05, 0) is 13.0 Å². The molecule has 2 unspecified atom stereocenters. The van der Waals surface area contributed by atoms with Gasteiger partial charge in [-0.25, -0.2) is 4.98 Å². The van der Waals surface area contributed by atoms with Gasteiger partial charge in [0, 0.05) is 35.9 Å². The van der Waals surface area contributed by atoms with Crippen LogP contribution in [0.15, 0.2) is 12.3 Å². The molecule has 0 aromatic carbocycles. The molecule has 6 heteroatoms. The molecule has 0 radical (unpaired) electrons. The topological polar surface area (TPSA) is 45.6 Å². The lowest BCUT2D eigenvalue weighted by atomic mass is 10.1. The van der Waals surface area contributed by atoms with Crippen LogP contribution in [0.1, 0.15) is 12.5 Å². The molecule has 0 spiro atoms. The molecule has 0 saturated carbocycles. The Morgan fingerprint density at radius 2 is 2.33 bits per heavy atom. The Kier molecular flexibility index (Phi) is 4.81. The Bertz CT molecular complexity index is 417. The first-order valence-corrected chi connectivity index (χ1v) is 6.62. The van der Waals surface area contributed by atoms with E-state index in [1.807, 2.05) is 0 Å². The summed E-state index contributed by atoms with van der Waals surface area (Å²) in [4.78, 5) is 6.27. The molecule has 18 heavy (non-hydrogen) atoms. The Hall–Kier alpha value is -0.390. The highest BCUT2D eigenvalue weighted by Crippen LogP contribution is 2.22. The standard InChI is InChI=1S/C12H16Cl2N2O2/c1-8-7-18-10(6-17)5-16(8)4-9-3-15-12(14)2-11(9)13/h2-3,8,10,17H,4-7H2,1H3. The number of ether oxygens (including phenoxy) is 1.